The summed E-state index contributed by atoms with van der Waals surface area (Å²) in [6, 6.07) is -0.377. The van der Waals surface area contributed by atoms with Crippen LogP contribution in [0.5, 0.6) is 0 Å². The molecular formula is C11H18N2O4S. The first-order chi connectivity index (χ1) is 8.43. The summed E-state index contributed by atoms with van der Waals surface area (Å²) < 4.78 is 0. The smallest absolute Gasteiger partial charge is 0.313 e. The summed E-state index contributed by atoms with van der Waals surface area (Å²) in [4.78, 5) is 37.2. The Kier molecular flexibility index (Phi) is 5.46. The van der Waals surface area contributed by atoms with Crippen LogP contribution >= 0.6 is 11.8 Å². The lowest BCUT2D eigenvalue weighted by Gasteiger charge is -2.26. The molecule has 6 nitrogen and oxygen atoms in total. The fourth-order valence-corrected chi connectivity index (χ4v) is 2.55. The zero-order valence-electron chi connectivity index (χ0n) is 10.6. The molecule has 1 N–H and O–H groups in total. The predicted molar refractivity (Wildman–Crippen MR) is 68.4 cm³/mol. The molecule has 2 amide bonds. The SMILES string of the molecule is CN(C)C(=O)C1CCCN1C(=O)CSCC(=O)O. The quantitative estimate of drug-likeness (QED) is 0.756. The third-order valence-electron chi connectivity index (χ3n) is 2.75. The van der Waals surface area contributed by atoms with E-state index in [-0.39, 0.29) is 29.4 Å². The van der Waals surface area contributed by atoms with E-state index in [9.17, 15) is 14.4 Å². The first-order valence-corrected chi connectivity index (χ1v) is 6.89. The topological polar surface area (TPSA) is 77.9 Å². The summed E-state index contributed by atoms with van der Waals surface area (Å²) in [5, 5.41) is 8.50. The summed E-state index contributed by atoms with van der Waals surface area (Å²) in [6.45, 7) is 0.580. The van der Waals surface area contributed by atoms with Crippen molar-refractivity contribution in [2.45, 2.75) is 18.9 Å². The van der Waals surface area contributed by atoms with Crippen molar-refractivity contribution in [1.29, 1.82) is 0 Å². The second-order valence-electron chi connectivity index (χ2n) is 4.36. The monoisotopic (exact) mass is 274 g/mol. The molecule has 18 heavy (non-hydrogen) atoms. The van der Waals surface area contributed by atoms with Crippen molar-refractivity contribution in [3.63, 3.8) is 0 Å². The molecule has 0 saturated carbocycles. The lowest BCUT2D eigenvalue weighted by molar-refractivity contribution is -0.140. The number of carbonyl (C=O) groups excluding carboxylic acids is 2. The Bertz CT molecular complexity index is 346. The Morgan fingerprint density at radius 1 is 1.33 bits per heavy atom. The molecular weight excluding hydrogens is 256 g/mol. The molecule has 0 spiro atoms. The largest absolute Gasteiger partial charge is 0.481 e. The number of likely N-dealkylation sites (N-methyl/N-ethyl adjacent to an activating group) is 1. The number of aliphatic carboxylic acids is 1. The lowest BCUT2D eigenvalue weighted by atomic mass is 10.2. The average Bonchev–Trinajstić information content (AvgIpc) is 2.75. The molecule has 1 rings (SSSR count). The van der Waals surface area contributed by atoms with Crippen LogP contribution in [-0.2, 0) is 14.4 Å². The van der Waals surface area contributed by atoms with Crippen LogP contribution in [0.3, 0.4) is 0 Å². The van der Waals surface area contributed by atoms with Crippen LogP contribution < -0.4 is 0 Å². The first kappa shape index (κ1) is 14.8. The van der Waals surface area contributed by atoms with Crippen LogP contribution in [0.25, 0.3) is 0 Å². The Hall–Kier alpha value is -1.24. The summed E-state index contributed by atoms with van der Waals surface area (Å²) in [6.07, 6.45) is 1.51. The minimum atomic E-state index is -0.935. The van der Waals surface area contributed by atoms with Crippen molar-refractivity contribution < 1.29 is 19.5 Å². The van der Waals surface area contributed by atoms with Crippen molar-refractivity contribution in [3.05, 3.63) is 0 Å². The molecule has 0 radical (unpaired) electrons. The summed E-state index contributed by atoms with van der Waals surface area (Å²) in [7, 11) is 3.34. The number of carboxylic acid groups (broad SMARTS) is 1. The third-order valence-corrected chi connectivity index (χ3v) is 3.65. The number of hydrogen-bond acceptors (Lipinski definition) is 4. The molecule has 1 heterocycles. The number of thioether (sulfide) groups is 1. The minimum Gasteiger partial charge on any atom is -0.481 e. The maximum atomic E-state index is 11.9. The fraction of sp³-hybridized carbons (Fsp3) is 0.727. The molecule has 0 aromatic rings. The second kappa shape index (κ2) is 6.63. The summed E-state index contributed by atoms with van der Waals surface area (Å²) in [5.41, 5.74) is 0. The average molecular weight is 274 g/mol. The highest BCUT2D eigenvalue weighted by Crippen LogP contribution is 2.20. The molecule has 0 aliphatic carbocycles. The van der Waals surface area contributed by atoms with Gasteiger partial charge in [-0.15, -0.1) is 11.8 Å². The Balaban J connectivity index is 2.50. The first-order valence-electron chi connectivity index (χ1n) is 5.73. The van der Waals surface area contributed by atoms with Gasteiger partial charge in [-0.1, -0.05) is 0 Å². The Morgan fingerprint density at radius 3 is 2.56 bits per heavy atom. The van der Waals surface area contributed by atoms with Crippen molar-refractivity contribution >= 4 is 29.5 Å². The molecule has 0 bridgehead atoms. The highest BCUT2D eigenvalue weighted by Gasteiger charge is 2.34. The van der Waals surface area contributed by atoms with E-state index in [1.807, 2.05) is 0 Å². The van der Waals surface area contributed by atoms with Gasteiger partial charge < -0.3 is 14.9 Å². The van der Waals surface area contributed by atoms with Gasteiger partial charge in [-0.2, -0.15) is 0 Å². The maximum absolute atomic E-state index is 11.9. The second-order valence-corrected chi connectivity index (χ2v) is 5.35. The molecule has 1 unspecified atom stereocenters. The van der Waals surface area contributed by atoms with Crippen molar-refractivity contribution in [2.75, 3.05) is 32.1 Å². The number of amides is 2. The van der Waals surface area contributed by atoms with E-state index < -0.39 is 5.97 Å². The van der Waals surface area contributed by atoms with Crippen LogP contribution in [0.2, 0.25) is 0 Å². The molecule has 7 heteroatoms. The van der Waals surface area contributed by atoms with Gasteiger partial charge in [0.2, 0.25) is 11.8 Å². The maximum Gasteiger partial charge on any atom is 0.313 e. The summed E-state index contributed by atoms with van der Waals surface area (Å²) in [5.74, 6) is -1.13. The van der Waals surface area contributed by atoms with Crippen molar-refractivity contribution in [1.82, 2.24) is 9.80 Å². The lowest BCUT2D eigenvalue weighted by Crippen LogP contribution is -2.46. The number of carbonyl (C=O) groups is 3. The van der Waals surface area contributed by atoms with Gasteiger partial charge in [0.05, 0.1) is 11.5 Å². The van der Waals surface area contributed by atoms with Gasteiger partial charge in [0.15, 0.2) is 0 Å². The Labute approximate surface area is 110 Å². The van der Waals surface area contributed by atoms with Gasteiger partial charge >= 0.3 is 5.97 Å². The highest BCUT2D eigenvalue weighted by molar-refractivity contribution is 8.00. The van der Waals surface area contributed by atoms with E-state index in [4.69, 9.17) is 5.11 Å². The Morgan fingerprint density at radius 2 is 2.00 bits per heavy atom. The van der Waals surface area contributed by atoms with Gasteiger partial charge in [-0.05, 0) is 12.8 Å². The highest BCUT2D eigenvalue weighted by atomic mass is 32.2. The zero-order valence-corrected chi connectivity index (χ0v) is 11.4. The molecule has 1 atom stereocenters. The van der Waals surface area contributed by atoms with Crippen LogP contribution in [0, 0.1) is 0 Å². The molecule has 1 saturated heterocycles. The minimum absolute atomic E-state index is 0.0657. The van der Waals surface area contributed by atoms with Gasteiger partial charge in [0.1, 0.15) is 6.04 Å². The van der Waals surface area contributed by atoms with Gasteiger partial charge in [-0.25, -0.2) is 0 Å². The number of carboxylic acids is 1. The van der Waals surface area contributed by atoms with Crippen molar-refractivity contribution in [3.8, 4) is 0 Å². The van der Waals surface area contributed by atoms with Gasteiger partial charge in [-0.3, -0.25) is 14.4 Å². The number of nitrogens with zero attached hydrogens (tertiary/aromatic N) is 2. The fourth-order valence-electron chi connectivity index (χ4n) is 1.93. The molecule has 0 aromatic heterocycles. The van der Waals surface area contributed by atoms with Crippen molar-refractivity contribution in [2.24, 2.45) is 0 Å². The molecule has 1 aliphatic heterocycles. The van der Waals surface area contributed by atoms with Gasteiger partial charge in [0.25, 0.3) is 0 Å². The summed E-state index contributed by atoms with van der Waals surface area (Å²) >= 11 is 1.06. The standard InChI is InChI=1S/C11H18N2O4S/c1-12(2)11(17)8-4-3-5-13(8)9(14)6-18-7-10(15)16/h8H,3-7H2,1-2H3,(H,15,16). The molecule has 1 fully saturated rings. The van der Waals surface area contributed by atoms with Crippen LogP contribution in [0.15, 0.2) is 0 Å². The van der Waals surface area contributed by atoms with Crippen LogP contribution in [0.4, 0.5) is 0 Å². The van der Waals surface area contributed by atoms with Gasteiger partial charge in [0, 0.05) is 20.6 Å². The van der Waals surface area contributed by atoms with E-state index in [1.54, 1.807) is 19.0 Å². The van der Waals surface area contributed by atoms with Crippen LogP contribution in [0.1, 0.15) is 12.8 Å². The number of rotatable bonds is 5. The van der Waals surface area contributed by atoms with E-state index in [0.717, 1.165) is 18.2 Å². The van der Waals surface area contributed by atoms with Crippen LogP contribution in [-0.4, -0.2) is 70.9 Å². The number of hydrogen-bond donors (Lipinski definition) is 1. The number of likely N-dealkylation sites (tertiary alicyclic amines) is 1. The zero-order chi connectivity index (χ0) is 13.7. The van der Waals surface area contributed by atoms with E-state index >= 15 is 0 Å². The van der Waals surface area contributed by atoms with E-state index in [1.165, 1.54) is 4.90 Å². The third kappa shape index (κ3) is 3.90. The molecule has 1 aliphatic rings. The molecule has 0 aromatic carbocycles. The van der Waals surface area contributed by atoms with E-state index in [0.29, 0.717) is 13.0 Å². The van der Waals surface area contributed by atoms with E-state index in [2.05, 4.69) is 0 Å². The normalized spacial score (nSPS) is 18.8. The predicted octanol–water partition coefficient (Wildman–Crippen LogP) is -0.117. The molecule has 102 valence electrons.